The number of hydrogen-bond acceptors (Lipinski definition) is 3. The highest BCUT2D eigenvalue weighted by molar-refractivity contribution is 6.09. The van der Waals surface area contributed by atoms with Gasteiger partial charge in [0.2, 0.25) is 0 Å². The fourth-order valence-corrected chi connectivity index (χ4v) is 5.13. The normalized spacial score (nSPS) is 19.0. The molecule has 0 aliphatic heterocycles. The smallest absolute Gasteiger partial charge is 0.166 e. The lowest BCUT2D eigenvalue weighted by atomic mass is 9.98. The van der Waals surface area contributed by atoms with E-state index in [1.54, 1.807) is 0 Å². The summed E-state index contributed by atoms with van der Waals surface area (Å²) < 4.78 is 236. The molecule has 0 amide bonds. The number of benzene rings is 7. The molecule has 4 heteroatoms. The van der Waals surface area contributed by atoms with E-state index in [4.69, 9.17) is 31.5 Å². The molecular weight excluding hydrogens is 597 g/mol. The van der Waals surface area contributed by atoms with E-state index in [0.29, 0.717) is 0 Å². The van der Waals surface area contributed by atoms with Gasteiger partial charge in [-0.25, -0.2) is 15.0 Å². The Morgan fingerprint density at radius 2 is 0.776 bits per heavy atom. The molecule has 0 unspecified atom stereocenters. The van der Waals surface area contributed by atoms with Crippen molar-refractivity contribution >= 4 is 21.8 Å². The van der Waals surface area contributed by atoms with Crippen LogP contribution in [0.2, 0.25) is 0 Å². The van der Waals surface area contributed by atoms with Gasteiger partial charge in [0.15, 0.2) is 17.5 Å². The summed E-state index contributed by atoms with van der Waals surface area (Å²) in [6.45, 7) is 0. The van der Waals surface area contributed by atoms with Crippen molar-refractivity contribution in [1.82, 2.24) is 19.5 Å². The van der Waals surface area contributed by atoms with E-state index in [9.17, 15) is 5.48 Å². The highest BCUT2D eigenvalue weighted by Crippen LogP contribution is 2.38. The van der Waals surface area contributed by atoms with Gasteiger partial charge in [0, 0.05) is 27.5 Å². The lowest BCUT2D eigenvalue weighted by Crippen LogP contribution is -2.04. The number of aromatic nitrogens is 4. The SMILES string of the molecule is [2H]c1c([2H])c([2H])c(-c2nc(-c3cc(-c4c([2H])c([2H])c(-c5c([2H])c([2H])c([2H])c([2H])c5[2H])c([2H])c4[2H])ccc3-n3c4c([2H])c([2H])c([2H])c([2H])c4c4c([2H])c([2H])c([2H])c([2H])c43)nc(-c3c([2H])c([2H])c([2H])c([2H])c3[2H])n2)c([2H])c1[2H]. The highest BCUT2D eigenvalue weighted by atomic mass is 15.1. The summed E-state index contributed by atoms with van der Waals surface area (Å²) in [5.41, 5.74) is -5.27. The molecule has 0 atom stereocenters. The Hall–Kier alpha value is -6.65. The third-order valence-electron chi connectivity index (χ3n) is 7.26. The topological polar surface area (TPSA) is 43.6 Å². The molecule has 0 aliphatic rings. The van der Waals surface area contributed by atoms with Gasteiger partial charge in [-0.2, -0.15) is 0 Å². The number of nitrogens with zero attached hydrogens (tertiary/aromatic N) is 4. The van der Waals surface area contributed by atoms with Crippen LogP contribution in [0.5, 0.6) is 0 Å². The molecule has 2 aromatic heterocycles. The first-order chi connectivity index (χ1) is 35.5. The molecule has 9 aromatic rings. The summed E-state index contributed by atoms with van der Waals surface area (Å²) in [5.74, 6) is -2.27. The van der Waals surface area contributed by atoms with Gasteiger partial charge in [0.1, 0.15) is 0 Å². The minimum atomic E-state index is -0.888. The first-order valence-electron chi connectivity index (χ1n) is 27.8. The lowest BCUT2D eigenvalue weighted by molar-refractivity contribution is 1.06. The maximum atomic E-state index is 9.28. The molecule has 9 rings (SSSR count). The second-order valence-corrected chi connectivity index (χ2v) is 10.1. The van der Waals surface area contributed by atoms with E-state index < -0.39 is 236 Å². The first kappa shape index (κ1) is 12.1. The molecule has 0 fully saturated rings. The summed E-state index contributed by atoms with van der Waals surface area (Å²) in [4.78, 5) is 13.4. The number of rotatable bonds is 6. The molecule has 230 valence electrons. The van der Waals surface area contributed by atoms with Gasteiger partial charge in [0.05, 0.1) is 53.7 Å². The monoisotopic (exact) mass is 653 g/mol. The van der Waals surface area contributed by atoms with Crippen LogP contribution in [0, 0.1) is 0 Å². The van der Waals surface area contributed by atoms with Crippen LogP contribution in [-0.4, -0.2) is 19.5 Å². The molecule has 7 aromatic carbocycles. The Morgan fingerprint density at radius 3 is 1.31 bits per heavy atom. The van der Waals surface area contributed by atoms with E-state index in [2.05, 4.69) is 15.0 Å². The largest absolute Gasteiger partial charge is 0.309 e. The predicted octanol–water partition coefficient (Wildman–Crippen LogP) is 11.3. The van der Waals surface area contributed by atoms with Crippen molar-refractivity contribution in [3.8, 4) is 62.1 Å². The Bertz CT molecular complexity index is 3870. The molecule has 0 saturated heterocycles. The van der Waals surface area contributed by atoms with Crippen LogP contribution in [0.3, 0.4) is 0 Å². The van der Waals surface area contributed by atoms with Crippen molar-refractivity contribution in [2.45, 2.75) is 0 Å². The van der Waals surface area contributed by atoms with Gasteiger partial charge in [-0.15, -0.1) is 0 Å². The second kappa shape index (κ2) is 12.2. The Balaban J connectivity index is 1.51. The second-order valence-electron chi connectivity index (χ2n) is 10.1. The quantitative estimate of drug-likeness (QED) is 0.179. The third kappa shape index (κ3) is 5.26. The van der Waals surface area contributed by atoms with Crippen molar-refractivity contribution in [3.05, 3.63) is 181 Å². The van der Waals surface area contributed by atoms with E-state index in [1.807, 2.05) is 0 Å². The Labute approximate surface area is 322 Å². The maximum absolute atomic E-state index is 9.28. The summed E-state index contributed by atoms with van der Waals surface area (Å²) >= 11 is 0. The average molecular weight is 654 g/mol. The van der Waals surface area contributed by atoms with Crippen molar-refractivity contribution in [2.75, 3.05) is 0 Å². The van der Waals surface area contributed by atoms with Crippen molar-refractivity contribution in [2.24, 2.45) is 0 Å². The molecule has 0 N–H and O–H groups in total. The van der Waals surface area contributed by atoms with Crippen LogP contribution in [0.1, 0.15) is 37.0 Å². The Morgan fingerprint density at radius 1 is 0.367 bits per heavy atom. The summed E-state index contributed by atoms with van der Waals surface area (Å²) in [6.07, 6.45) is 0. The molecule has 49 heavy (non-hydrogen) atoms. The molecule has 0 radical (unpaired) electrons. The fourth-order valence-electron chi connectivity index (χ4n) is 5.13. The summed E-state index contributed by atoms with van der Waals surface area (Å²) in [6, 6.07) is -19.2. The zero-order chi connectivity index (χ0) is 56.1. The van der Waals surface area contributed by atoms with Crippen LogP contribution in [-0.2, 0) is 0 Å². The van der Waals surface area contributed by atoms with Crippen LogP contribution < -0.4 is 0 Å². The maximum Gasteiger partial charge on any atom is 0.166 e. The number of para-hydroxylation sites is 2. The lowest BCUT2D eigenvalue weighted by Gasteiger charge is -2.16. The van der Waals surface area contributed by atoms with Crippen LogP contribution in [0.15, 0.2) is 181 Å². The molecule has 0 saturated carbocycles. The summed E-state index contributed by atoms with van der Waals surface area (Å²) in [7, 11) is 0. The molecule has 0 spiro atoms. The average Bonchev–Trinajstić information content (AvgIpc) is 3.87. The highest BCUT2D eigenvalue weighted by Gasteiger charge is 2.20. The van der Waals surface area contributed by atoms with Crippen LogP contribution in [0.25, 0.3) is 83.9 Å². The molecule has 0 bridgehead atoms. The first-order valence-corrected chi connectivity index (χ1v) is 14.3. The van der Waals surface area contributed by atoms with Gasteiger partial charge < -0.3 is 4.57 Å². The van der Waals surface area contributed by atoms with E-state index >= 15 is 0 Å². The summed E-state index contributed by atoms with van der Waals surface area (Å²) in [5, 5.41) is -0.803. The fraction of sp³-hybridized carbons (Fsp3) is 0. The minimum absolute atomic E-state index is 0.276. The van der Waals surface area contributed by atoms with E-state index in [1.165, 1.54) is 6.07 Å². The molecule has 0 aliphatic carbocycles. The minimum Gasteiger partial charge on any atom is -0.309 e. The third-order valence-corrected chi connectivity index (χ3v) is 7.26. The van der Waals surface area contributed by atoms with Crippen LogP contribution in [0.4, 0.5) is 0 Å². The molecule has 2 heterocycles. The van der Waals surface area contributed by atoms with Gasteiger partial charge in [-0.1, -0.05) is 157 Å². The van der Waals surface area contributed by atoms with Crippen molar-refractivity contribution in [1.29, 1.82) is 0 Å². The van der Waals surface area contributed by atoms with E-state index in [-0.39, 0.29) is 11.3 Å². The van der Waals surface area contributed by atoms with Gasteiger partial charge in [-0.05, 0) is 46.5 Å². The van der Waals surface area contributed by atoms with E-state index in [0.717, 1.165) is 16.7 Å². The number of hydrogen-bond donors (Lipinski definition) is 0. The molecule has 4 nitrogen and oxygen atoms in total. The van der Waals surface area contributed by atoms with Gasteiger partial charge in [-0.3, -0.25) is 0 Å². The zero-order valence-electron chi connectivity index (χ0n) is 51.5. The van der Waals surface area contributed by atoms with Gasteiger partial charge >= 0.3 is 0 Å². The van der Waals surface area contributed by atoms with Gasteiger partial charge in [0.25, 0.3) is 0 Å². The van der Waals surface area contributed by atoms with Crippen molar-refractivity contribution < 1.29 is 37.0 Å². The van der Waals surface area contributed by atoms with Crippen LogP contribution >= 0.6 is 0 Å². The Kier molecular flexibility index (Phi) is 3.01. The van der Waals surface area contributed by atoms with Crippen molar-refractivity contribution in [3.63, 3.8) is 0 Å². The standard InChI is InChI=1S/C45H30N4/c1-4-14-31(15-5-1)32-24-26-33(27-25-32)36-28-29-42(49-40-22-12-10-20-37(40)38-21-11-13-23-41(38)49)39(30-36)45-47-43(34-16-6-2-7-17-34)46-44(48-45)35-18-8-3-9-19-35/h1-30H/i1D,2D,3D,4D,5D,6D,7D,8D,9D,10D,11D,12D,13D,14D,15D,16D,17D,18D,19D,20D,21D,22D,23D,24D,25D,26D,27D. The number of fused-ring (bicyclic) bond motifs is 3. The molecular formula is C45H30N4. The predicted molar refractivity (Wildman–Crippen MR) is 201 cm³/mol. The zero-order valence-corrected chi connectivity index (χ0v) is 24.5.